The van der Waals surface area contributed by atoms with Gasteiger partial charge in [0.25, 0.3) is 5.91 Å². The Labute approximate surface area is 162 Å². The number of anilines is 2. The predicted octanol–water partition coefficient (Wildman–Crippen LogP) is 3.57. The molecule has 0 aromatic heterocycles. The lowest BCUT2D eigenvalue weighted by Gasteiger charge is -2.27. The predicted molar refractivity (Wildman–Crippen MR) is 107 cm³/mol. The van der Waals surface area contributed by atoms with E-state index in [0.29, 0.717) is 10.8 Å². The molecule has 2 amide bonds. The van der Waals surface area contributed by atoms with Gasteiger partial charge < -0.3 is 10.2 Å². The molecule has 1 heterocycles. The quantitative estimate of drug-likeness (QED) is 0.800. The number of nitrogens with zero attached hydrogens (tertiary/aromatic N) is 2. The number of carbonyl (C=O) groups excluding carboxylic acids is 2. The third-order valence-electron chi connectivity index (χ3n) is 4.35. The zero-order valence-corrected chi connectivity index (χ0v) is 15.9. The SMILES string of the molecule is CC(C)N1C(=S)N(c2ccccc2)C(=O)C1CC(=O)Nc1ccccc1F. The Balaban J connectivity index is 1.82. The van der Waals surface area contributed by atoms with Crippen LogP contribution in [0.1, 0.15) is 20.3 Å². The van der Waals surface area contributed by atoms with Crippen LogP contribution in [0.5, 0.6) is 0 Å². The van der Waals surface area contributed by atoms with Crippen molar-refractivity contribution < 1.29 is 14.0 Å². The van der Waals surface area contributed by atoms with E-state index in [4.69, 9.17) is 12.2 Å². The maximum absolute atomic E-state index is 13.8. The number of hydrogen-bond donors (Lipinski definition) is 1. The van der Waals surface area contributed by atoms with E-state index in [1.54, 1.807) is 29.2 Å². The first kappa shape index (κ1) is 19.0. The van der Waals surface area contributed by atoms with Crippen LogP contribution in [0.4, 0.5) is 15.8 Å². The third-order valence-corrected chi connectivity index (χ3v) is 4.74. The maximum atomic E-state index is 13.8. The van der Waals surface area contributed by atoms with E-state index < -0.39 is 17.8 Å². The van der Waals surface area contributed by atoms with Crippen molar-refractivity contribution in [2.24, 2.45) is 0 Å². The smallest absolute Gasteiger partial charge is 0.256 e. The van der Waals surface area contributed by atoms with Crippen LogP contribution in [-0.2, 0) is 9.59 Å². The van der Waals surface area contributed by atoms with E-state index in [2.05, 4.69) is 5.32 Å². The van der Waals surface area contributed by atoms with Gasteiger partial charge in [0.2, 0.25) is 5.91 Å². The number of carbonyl (C=O) groups is 2. The van der Waals surface area contributed by atoms with E-state index in [9.17, 15) is 14.0 Å². The first-order chi connectivity index (χ1) is 12.9. The summed E-state index contributed by atoms with van der Waals surface area (Å²) < 4.78 is 13.8. The molecule has 1 N–H and O–H groups in total. The Kier molecular flexibility index (Phi) is 5.51. The molecule has 3 rings (SSSR count). The lowest BCUT2D eigenvalue weighted by atomic mass is 10.1. The fourth-order valence-corrected chi connectivity index (χ4v) is 3.67. The van der Waals surface area contributed by atoms with Gasteiger partial charge in [0.1, 0.15) is 11.9 Å². The first-order valence-electron chi connectivity index (χ1n) is 8.66. The molecule has 0 aliphatic carbocycles. The molecular formula is C20H20FN3O2S. The van der Waals surface area contributed by atoms with Crippen molar-refractivity contribution in [3.8, 4) is 0 Å². The molecule has 1 aliphatic heterocycles. The van der Waals surface area contributed by atoms with Crippen LogP contribution in [0.3, 0.4) is 0 Å². The molecule has 2 aromatic rings. The molecule has 0 bridgehead atoms. The molecule has 2 aromatic carbocycles. The molecule has 27 heavy (non-hydrogen) atoms. The summed E-state index contributed by atoms with van der Waals surface area (Å²) in [5, 5.41) is 2.90. The standard InChI is InChI=1S/C20H20FN3O2S/c1-13(2)23-17(12-18(25)22-16-11-7-6-10-15(16)21)19(26)24(20(23)27)14-8-4-3-5-9-14/h3-11,13,17H,12H2,1-2H3,(H,22,25). The monoisotopic (exact) mass is 385 g/mol. The highest BCUT2D eigenvalue weighted by atomic mass is 32.1. The summed E-state index contributed by atoms with van der Waals surface area (Å²) in [6.45, 7) is 3.83. The van der Waals surface area contributed by atoms with Crippen molar-refractivity contribution in [3.05, 3.63) is 60.4 Å². The maximum Gasteiger partial charge on any atom is 0.256 e. The van der Waals surface area contributed by atoms with Crippen molar-refractivity contribution >= 4 is 40.5 Å². The van der Waals surface area contributed by atoms with E-state index in [1.165, 1.54) is 17.0 Å². The minimum absolute atomic E-state index is 0.0681. The van der Waals surface area contributed by atoms with E-state index in [0.717, 1.165) is 0 Å². The van der Waals surface area contributed by atoms with Crippen LogP contribution in [0.25, 0.3) is 0 Å². The number of thiocarbonyl (C=S) groups is 1. The highest BCUT2D eigenvalue weighted by Gasteiger charge is 2.45. The summed E-state index contributed by atoms with van der Waals surface area (Å²) in [7, 11) is 0. The highest BCUT2D eigenvalue weighted by Crippen LogP contribution is 2.29. The summed E-state index contributed by atoms with van der Waals surface area (Å²) in [4.78, 5) is 28.7. The second-order valence-corrected chi connectivity index (χ2v) is 6.91. The molecule has 1 fully saturated rings. The summed E-state index contributed by atoms with van der Waals surface area (Å²) in [6, 6.07) is 14.2. The van der Waals surface area contributed by atoms with Crippen LogP contribution in [-0.4, -0.2) is 33.9 Å². The fourth-order valence-electron chi connectivity index (χ4n) is 3.13. The van der Waals surface area contributed by atoms with Crippen LogP contribution in [0.2, 0.25) is 0 Å². The van der Waals surface area contributed by atoms with Gasteiger partial charge >= 0.3 is 0 Å². The number of amides is 2. The minimum atomic E-state index is -0.732. The highest BCUT2D eigenvalue weighted by molar-refractivity contribution is 7.80. The van der Waals surface area contributed by atoms with Crippen molar-refractivity contribution in [2.75, 3.05) is 10.2 Å². The average Bonchev–Trinajstić information content (AvgIpc) is 2.88. The van der Waals surface area contributed by atoms with Gasteiger partial charge in [-0.15, -0.1) is 0 Å². The number of rotatable bonds is 5. The van der Waals surface area contributed by atoms with Gasteiger partial charge in [0.15, 0.2) is 5.11 Å². The van der Waals surface area contributed by atoms with Gasteiger partial charge in [-0.2, -0.15) is 0 Å². The van der Waals surface area contributed by atoms with Crippen molar-refractivity contribution in [2.45, 2.75) is 32.4 Å². The molecule has 140 valence electrons. The van der Waals surface area contributed by atoms with Crippen LogP contribution >= 0.6 is 12.2 Å². The second kappa shape index (κ2) is 7.84. The summed E-state index contributed by atoms with van der Waals surface area (Å²) in [5.41, 5.74) is 0.752. The number of hydrogen-bond acceptors (Lipinski definition) is 3. The molecule has 7 heteroatoms. The zero-order valence-electron chi connectivity index (χ0n) is 15.1. The summed E-state index contributed by atoms with van der Waals surface area (Å²) >= 11 is 5.52. The average molecular weight is 385 g/mol. The van der Waals surface area contributed by atoms with Crippen molar-refractivity contribution in [1.29, 1.82) is 0 Å². The molecule has 1 saturated heterocycles. The van der Waals surface area contributed by atoms with Crippen molar-refractivity contribution in [3.63, 3.8) is 0 Å². The Morgan fingerprint density at radius 1 is 1.15 bits per heavy atom. The van der Waals surface area contributed by atoms with Crippen molar-refractivity contribution in [1.82, 2.24) is 4.90 Å². The lowest BCUT2D eigenvalue weighted by molar-refractivity contribution is -0.124. The van der Waals surface area contributed by atoms with Gasteiger partial charge in [-0.05, 0) is 50.3 Å². The van der Waals surface area contributed by atoms with Crippen LogP contribution in [0.15, 0.2) is 54.6 Å². The van der Waals surface area contributed by atoms with Gasteiger partial charge in [-0.25, -0.2) is 4.39 Å². The van der Waals surface area contributed by atoms with Gasteiger partial charge in [0, 0.05) is 6.04 Å². The fraction of sp³-hybridized carbons (Fsp3) is 0.250. The van der Waals surface area contributed by atoms with Gasteiger partial charge in [-0.3, -0.25) is 14.5 Å². The molecule has 1 aliphatic rings. The Hall–Kier alpha value is -2.80. The Morgan fingerprint density at radius 2 is 1.78 bits per heavy atom. The molecule has 0 saturated carbocycles. The van der Waals surface area contributed by atoms with E-state index in [-0.39, 0.29) is 24.1 Å². The largest absolute Gasteiger partial charge is 0.333 e. The second-order valence-electron chi connectivity index (χ2n) is 6.54. The number of nitrogens with one attached hydrogen (secondary N) is 1. The number of benzene rings is 2. The topological polar surface area (TPSA) is 52.7 Å². The minimum Gasteiger partial charge on any atom is -0.333 e. The zero-order chi connectivity index (χ0) is 19.6. The normalized spacial score (nSPS) is 17.0. The Bertz CT molecular complexity index is 873. The van der Waals surface area contributed by atoms with E-state index >= 15 is 0 Å². The molecular weight excluding hydrogens is 365 g/mol. The number of para-hydroxylation sites is 2. The van der Waals surface area contributed by atoms with Crippen LogP contribution < -0.4 is 10.2 Å². The molecule has 0 spiro atoms. The molecule has 1 unspecified atom stereocenters. The Morgan fingerprint density at radius 3 is 2.41 bits per heavy atom. The van der Waals surface area contributed by atoms with E-state index in [1.807, 2.05) is 32.0 Å². The summed E-state index contributed by atoms with van der Waals surface area (Å²) in [5.74, 6) is -1.23. The third kappa shape index (κ3) is 3.83. The van der Waals surface area contributed by atoms with Gasteiger partial charge in [0.05, 0.1) is 17.8 Å². The molecule has 0 radical (unpaired) electrons. The number of halogens is 1. The van der Waals surface area contributed by atoms with Crippen LogP contribution in [0, 0.1) is 5.82 Å². The molecule has 1 atom stereocenters. The van der Waals surface area contributed by atoms with Gasteiger partial charge in [-0.1, -0.05) is 30.3 Å². The summed E-state index contributed by atoms with van der Waals surface area (Å²) in [6.07, 6.45) is -0.116. The molecule has 5 nitrogen and oxygen atoms in total. The first-order valence-corrected chi connectivity index (χ1v) is 9.06. The lowest BCUT2D eigenvalue weighted by Crippen LogP contribution is -2.42.